The molecule has 8 unspecified atom stereocenters. The highest BCUT2D eigenvalue weighted by Gasteiger charge is 2.44. The predicted octanol–water partition coefficient (Wildman–Crippen LogP) is 12.2. The maximum absolute atomic E-state index is 13.1. The van der Waals surface area contributed by atoms with Gasteiger partial charge in [-0.3, -0.25) is 0 Å². The molecule has 0 aromatic heterocycles. The van der Waals surface area contributed by atoms with E-state index in [9.17, 15) is 62.2 Å². The predicted molar refractivity (Wildman–Crippen MR) is 240 cm³/mol. The smallest absolute Gasteiger partial charge is 0.414 e. The maximum atomic E-state index is 13.1. The largest absolute Gasteiger partial charge is 0.497 e. The minimum absolute atomic E-state index is 0.272. The lowest BCUT2D eigenvalue weighted by molar-refractivity contribution is -0.207. The van der Waals surface area contributed by atoms with E-state index >= 15 is 0 Å². The van der Waals surface area contributed by atoms with Gasteiger partial charge in [-0.05, 0) is 154 Å². The fourth-order valence-corrected chi connectivity index (χ4v) is 8.75. The number of ether oxygens (including phenoxy) is 5. The summed E-state index contributed by atoms with van der Waals surface area (Å²) < 4.78 is 188. The normalized spacial score (nSPS) is 20.9. The zero-order valence-electron chi connectivity index (χ0n) is 39.8. The molecule has 0 fully saturated rings. The Labute approximate surface area is 412 Å². The van der Waals surface area contributed by atoms with Gasteiger partial charge >= 0.3 is 24.7 Å². The number of halogens is 13. The van der Waals surface area contributed by atoms with Crippen molar-refractivity contribution in [2.45, 2.75) is 138 Å². The van der Waals surface area contributed by atoms with Crippen LogP contribution in [0.4, 0.5) is 57.1 Å². The van der Waals surface area contributed by atoms with Crippen LogP contribution < -0.4 is 23.7 Å². The summed E-state index contributed by atoms with van der Waals surface area (Å²) in [6.45, 7) is 5.20. The second kappa shape index (κ2) is 24.9. The molecule has 4 N–H and O–H groups in total. The molecule has 0 saturated carbocycles. The summed E-state index contributed by atoms with van der Waals surface area (Å²) in [5.41, 5.74) is 4.56. The van der Waals surface area contributed by atoms with E-state index in [4.69, 9.17) is 39.0 Å². The highest BCUT2D eigenvalue weighted by atomic mass is 19.4. The number of methoxy groups -OCH3 is 1. The summed E-state index contributed by atoms with van der Waals surface area (Å²) in [7, 11) is 1.49. The second-order valence-corrected chi connectivity index (χ2v) is 18.2. The van der Waals surface area contributed by atoms with E-state index in [1.165, 1.54) is 25.3 Å². The average molecular weight is 1060 g/mol. The lowest BCUT2D eigenvalue weighted by Crippen LogP contribution is -2.31. The Hall–Kier alpha value is -5.19. The topological polar surface area (TPSA) is 127 Å². The van der Waals surface area contributed by atoms with Crippen LogP contribution in [0, 0.1) is 19.7 Å². The van der Waals surface area contributed by atoms with Gasteiger partial charge in [0.05, 0.1) is 33.5 Å². The Morgan fingerprint density at radius 2 is 0.767 bits per heavy atom. The number of benzene rings is 4. The number of aryl methyl sites for hydroxylation is 2. The van der Waals surface area contributed by atoms with Gasteiger partial charge in [0.1, 0.15) is 59.0 Å². The molecule has 8 atom stereocenters. The Bertz CT molecular complexity index is 2310. The first kappa shape index (κ1) is 58.7. The fourth-order valence-electron chi connectivity index (χ4n) is 8.75. The molecule has 9 nitrogen and oxygen atoms in total. The number of aliphatic hydroxyl groups is 4. The van der Waals surface area contributed by atoms with Crippen molar-refractivity contribution in [2.24, 2.45) is 0 Å². The molecule has 4 heterocycles. The molecule has 0 amide bonds. The zero-order chi connectivity index (χ0) is 54.1. The summed E-state index contributed by atoms with van der Waals surface area (Å²) in [6, 6.07) is 19.7. The molecule has 4 aliphatic rings. The quantitative estimate of drug-likeness (QED) is 0.121. The van der Waals surface area contributed by atoms with E-state index in [0.29, 0.717) is 85.4 Å². The summed E-state index contributed by atoms with van der Waals surface area (Å²) in [4.78, 5) is 0. The first-order valence-electron chi connectivity index (χ1n) is 23.2. The minimum atomic E-state index is -4.65. The fraction of sp³-hybridized carbons (Fsp3) is 0.529. The summed E-state index contributed by atoms with van der Waals surface area (Å²) in [5.74, 6) is 0.745. The van der Waals surface area contributed by atoms with Gasteiger partial charge in [0.2, 0.25) is 0 Å². The lowest BCUT2D eigenvalue weighted by Gasteiger charge is -2.28. The van der Waals surface area contributed by atoms with Crippen LogP contribution in [0.2, 0.25) is 0 Å². The van der Waals surface area contributed by atoms with Crippen molar-refractivity contribution < 1.29 is 101 Å². The van der Waals surface area contributed by atoms with E-state index in [-0.39, 0.29) is 43.6 Å². The van der Waals surface area contributed by atoms with E-state index in [1.54, 1.807) is 30.3 Å². The van der Waals surface area contributed by atoms with Crippen molar-refractivity contribution in [1.82, 2.24) is 0 Å². The average Bonchev–Trinajstić information content (AvgIpc) is 3.31. The van der Waals surface area contributed by atoms with Crippen molar-refractivity contribution in [1.29, 1.82) is 0 Å². The first-order valence-corrected chi connectivity index (χ1v) is 23.2. The molecule has 4 aliphatic heterocycles. The van der Waals surface area contributed by atoms with Gasteiger partial charge in [-0.1, -0.05) is 29.8 Å². The SMILES string of the molecule is COc1ccc2c(c1)C(CC(O)C(F)(F)F)CCO2.Cc1ccc2c(c1)C(CC(O)C(F)(F)F)CCO2.Cc1ccc2c(c1)OCCC2CC(O)C(F)(F)F.OC(CC1CCOc2ccc(F)cc21)C(F)(F)F. The zero-order valence-corrected chi connectivity index (χ0v) is 39.8. The van der Waals surface area contributed by atoms with Crippen LogP contribution in [0.25, 0.3) is 0 Å². The molecule has 406 valence electrons. The second-order valence-electron chi connectivity index (χ2n) is 18.2. The summed E-state index contributed by atoms with van der Waals surface area (Å²) in [6.07, 6.45) is -27.2. The number of hydrogen-bond acceptors (Lipinski definition) is 9. The Kier molecular flexibility index (Phi) is 20.0. The van der Waals surface area contributed by atoms with Crippen molar-refractivity contribution in [3.8, 4) is 28.7 Å². The molecule has 0 aliphatic carbocycles. The summed E-state index contributed by atoms with van der Waals surface area (Å²) in [5, 5.41) is 36.6. The molecular weight excluding hydrogens is 1000 g/mol. The van der Waals surface area contributed by atoms with E-state index < -0.39 is 67.3 Å². The van der Waals surface area contributed by atoms with Gasteiger partial charge < -0.3 is 44.1 Å². The molecule has 0 spiro atoms. The Morgan fingerprint density at radius 1 is 0.438 bits per heavy atom. The molecule has 0 saturated heterocycles. The Morgan fingerprint density at radius 3 is 1.18 bits per heavy atom. The van der Waals surface area contributed by atoms with Gasteiger partial charge in [0.15, 0.2) is 0 Å². The van der Waals surface area contributed by atoms with Crippen LogP contribution in [0.5, 0.6) is 28.7 Å². The van der Waals surface area contributed by atoms with Gasteiger partial charge in [0, 0.05) is 11.1 Å². The van der Waals surface area contributed by atoms with Gasteiger partial charge in [-0.15, -0.1) is 0 Å². The monoisotopic (exact) mass is 1060 g/mol. The van der Waals surface area contributed by atoms with Crippen molar-refractivity contribution in [3.05, 3.63) is 112 Å². The van der Waals surface area contributed by atoms with Crippen LogP contribution in [-0.2, 0) is 0 Å². The first-order chi connectivity index (χ1) is 34.0. The van der Waals surface area contributed by atoms with E-state index in [1.807, 2.05) is 38.1 Å². The number of hydrogen-bond donors (Lipinski definition) is 4. The number of alkyl halides is 12. The van der Waals surface area contributed by atoms with Crippen molar-refractivity contribution >= 4 is 0 Å². The van der Waals surface area contributed by atoms with Gasteiger partial charge in [-0.25, -0.2) is 4.39 Å². The number of rotatable bonds is 9. The third-order valence-corrected chi connectivity index (χ3v) is 12.7. The molecule has 22 heteroatoms. The van der Waals surface area contributed by atoms with Gasteiger partial charge in [-0.2, -0.15) is 52.7 Å². The molecule has 73 heavy (non-hydrogen) atoms. The molecule has 4 aromatic carbocycles. The standard InChI is InChI=1S/C13H15F3O3.2C13H15F3O2.C12H12F4O2/c1-18-9-2-3-11-10(7-9)8(4-5-19-11)6-12(17)13(14,15)16;1-8-2-3-11-10(6-8)9(4-5-18-11)7-12(17)13(14,15)16;1-8-2-3-10-9(4-5-18-11(10)6-8)7-12(17)13(14,15)16;13-8-1-2-10-9(6-8)7(3-4-18-10)5-11(17)12(14,15)16/h2-3,7-8,12,17H,4-6H2,1H3;2*2-3,6,9,12,17H,4-5,7H2,1H3;1-2,6-7,11,17H,3-5H2. The number of fused-ring (bicyclic) bond motifs is 4. The van der Waals surface area contributed by atoms with Gasteiger partial charge in [0.25, 0.3) is 0 Å². The summed E-state index contributed by atoms with van der Waals surface area (Å²) >= 11 is 0. The third-order valence-electron chi connectivity index (χ3n) is 12.7. The maximum Gasteiger partial charge on any atom is 0.414 e. The number of aliphatic hydroxyl groups excluding tert-OH is 4. The molecule has 0 bridgehead atoms. The highest BCUT2D eigenvalue weighted by molar-refractivity contribution is 5.44. The van der Waals surface area contributed by atoms with Crippen molar-refractivity contribution in [2.75, 3.05) is 33.5 Å². The van der Waals surface area contributed by atoms with Crippen LogP contribution in [0.1, 0.15) is 108 Å². The molecular formula is C51H57F13O9. The minimum Gasteiger partial charge on any atom is -0.497 e. The van der Waals surface area contributed by atoms with E-state index in [0.717, 1.165) is 22.3 Å². The third kappa shape index (κ3) is 16.9. The van der Waals surface area contributed by atoms with Crippen LogP contribution in [0.3, 0.4) is 0 Å². The van der Waals surface area contributed by atoms with Crippen molar-refractivity contribution in [3.63, 3.8) is 0 Å². The molecule has 0 radical (unpaired) electrons. The molecule has 8 rings (SSSR count). The van der Waals surface area contributed by atoms with E-state index in [2.05, 4.69) is 0 Å². The van der Waals surface area contributed by atoms with Crippen LogP contribution in [-0.4, -0.2) is 103 Å². The highest BCUT2D eigenvalue weighted by Crippen LogP contribution is 2.43. The lowest BCUT2D eigenvalue weighted by atomic mass is 9.87. The Balaban J connectivity index is 0.000000181. The van der Waals surface area contributed by atoms with Crippen LogP contribution >= 0.6 is 0 Å². The molecule has 4 aromatic rings. The van der Waals surface area contributed by atoms with Crippen LogP contribution in [0.15, 0.2) is 72.8 Å².